The molecule has 0 spiro atoms. The summed E-state index contributed by atoms with van der Waals surface area (Å²) in [4.78, 5) is 13.2. The first kappa shape index (κ1) is 14.1. The standard InChI is InChI=1S/C10H17FN4O5/c11-10-13-7-4(8(19)14-10)12-2-15(7)9-6(18)5(17)3(1-16)20-9/h3-7,9-10,12-13,16-18H,1-2H2,(H,14,19)/t3-,4?,5?,6-,7?,9-,10?/m1/s1. The molecule has 3 aliphatic heterocycles. The average Bonchev–Trinajstić information content (AvgIpc) is 2.93. The van der Waals surface area contributed by atoms with Crippen molar-refractivity contribution < 1.29 is 29.2 Å². The van der Waals surface area contributed by atoms with E-state index in [4.69, 9.17) is 9.84 Å². The van der Waals surface area contributed by atoms with Crippen LogP contribution >= 0.6 is 0 Å². The molecule has 3 aliphatic rings. The molecule has 6 N–H and O–H groups in total. The molecule has 0 aromatic heterocycles. The van der Waals surface area contributed by atoms with E-state index in [-0.39, 0.29) is 6.67 Å². The van der Waals surface area contributed by atoms with Gasteiger partial charge in [-0.05, 0) is 0 Å². The number of halogens is 1. The third-order valence-electron chi connectivity index (χ3n) is 3.88. The summed E-state index contributed by atoms with van der Waals surface area (Å²) in [5.74, 6) is -0.490. The number of carbonyl (C=O) groups is 1. The zero-order chi connectivity index (χ0) is 14.4. The van der Waals surface area contributed by atoms with Crippen LogP contribution in [0.15, 0.2) is 0 Å². The maximum atomic E-state index is 13.4. The summed E-state index contributed by atoms with van der Waals surface area (Å²) >= 11 is 0. The van der Waals surface area contributed by atoms with Crippen molar-refractivity contribution in [1.82, 2.24) is 20.9 Å². The predicted octanol–water partition coefficient (Wildman–Crippen LogP) is -4.04. The lowest BCUT2D eigenvalue weighted by atomic mass is 10.1. The summed E-state index contributed by atoms with van der Waals surface area (Å²) in [5, 5.41) is 36.3. The van der Waals surface area contributed by atoms with Crippen LogP contribution in [0.1, 0.15) is 0 Å². The number of carbonyl (C=O) groups excluding carboxylic acids is 1. The second-order valence-electron chi connectivity index (χ2n) is 5.07. The van der Waals surface area contributed by atoms with E-state index in [0.717, 1.165) is 0 Å². The molecule has 3 saturated heterocycles. The van der Waals surface area contributed by atoms with Gasteiger partial charge in [-0.15, -0.1) is 0 Å². The van der Waals surface area contributed by atoms with Crippen LogP contribution in [0.2, 0.25) is 0 Å². The molecule has 114 valence electrons. The molecule has 0 aromatic carbocycles. The molecule has 7 atom stereocenters. The minimum absolute atomic E-state index is 0.176. The smallest absolute Gasteiger partial charge is 0.243 e. The van der Waals surface area contributed by atoms with E-state index in [1.54, 1.807) is 0 Å². The first-order valence-corrected chi connectivity index (χ1v) is 6.35. The van der Waals surface area contributed by atoms with E-state index in [9.17, 15) is 19.4 Å². The Morgan fingerprint density at radius 3 is 2.80 bits per heavy atom. The third kappa shape index (κ3) is 2.09. The molecule has 3 rings (SSSR count). The Hall–Kier alpha value is -0.880. The van der Waals surface area contributed by atoms with Crippen molar-refractivity contribution in [2.45, 2.75) is 43.2 Å². The summed E-state index contributed by atoms with van der Waals surface area (Å²) in [6, 6.07) is -0.678. The highest BCUT2D eigenvalue weighted by Gasteiger charge is 2.52. The number of nitrogens with zero attached hydrogens (tertiary/aromatic N) is 1. The fourth-order valence-electron chi connectivity index (χ4n) is 2.84. The quantitative estimate of drug-likeness (QED) is 0.284. The van der Waals surface area contributed by atoms with Gasteiger partial charge < -0.3 is 25.4 Å². The molecule has 9 nitrogen and oxygen atoms in total. The fourth-order valence-corrected chi connectivity index (χ4v) is 2.84. The normalized spacial score (nSPS) is 49.2. The van der Waals surface area contributed by atoms with E-state index >= 15 is 0 Å². The lowest BCUT2D eigenvalue weighted by Crippen LogP contribution is -2.67. The highest BCUT2D eigenvalue weighted by molar-refractivity contribution is 5.83. The van der Waals surface area contributed by atoms with Gasteiger partial charge >= 0.3 is 0 Å². The number of nitrogens with one attached hydrogen (secondary N) is 3. The molecule has 0 aromatic rings. The number of aliphatic hydroxyl groups is 3. The maximum absolute atomic E-state index is 13.4. The summed E-state index contributed by atoms with van der Waals surface area (Å²) in [7, 11) is 0. The molecular weight excluding hydrogens is 275 g/mol. The van der Waals surface area contributed by atoms with Gasteiger partial charge in [-0.1, -0.05) is 0 Å². The van der Waals surface area contributed by atoms with Gasteiger partial charge in [-0.2, -0.15) is 0 Å². The third-order valence-corrected chi connectivity index (χ3v) is 3.88. The number of fused-ring (bicyclic) bond motifs is 1. The fraction of sp³-hybridized carbons (Fsp3) is 0.900. The summed E-state index contributed by atoms with van der Waals surface area (Å²) in [5.41, 5.74) is 0. The van der Waals surface area contributed by atoms with E-state index < -0.39 is 55.7 Å². The van der Waals surface area contributed by atoms with Crippen LogP contribution < -0.4 is 16.0 Å². The Bertz CT molecular complexity index is 402. The van der Waals surface area contributed by atoms with Crippen LogP contribution in [0, 0.1) is 0 Å². The lowest BCUT2D eigenvalue weighted by molar-refractivity contribution is -0.136. The van der Waals surface area contributed by atoms with Crippen molar-refractivity contribution in [1.29, 1.82) is 0 Å². The molecule has 20 heavy (non-hydrogen) atoms. The molecule has 3 heterocycles. The number of amides is 1. The van der Waals surface area contributed by atoms with Crippen molar-refractivity contribution in [3.8, 4) is 0 Å². The monoisotopic (exact) mass is 292 g/mol. The van der Waals surface area contributed by atoms with Gasteiger partial charge in [0.25, 0.3) is 0 Å². The number of ether oxygens (including phenoxy) is 1. The SMILES string of the molecule is O=C1NC(F)NC2C1NCN2[C@@H]1O[C@H](CO)C(O)[C@H]1O. The van der Waals surface area contributed by atoms with Crippen molar-refractivity contribution in [2.75, 3.05) is 13.3 Å². The number of rotatable bonds is 2. The van der Waals surface area contributed by atoms with Crippen LogP contribution in [0.3, 0.4) is 0 Å². The van der Waals surface area contributed by atoms with Crippen LogP contribution in [0.25, 0.3) is 0 Å². The largest absolute Gasteiger partial charge is 0.394 e. The number of aliphatic hydroxyl groups excluding tert-OH is 3. The zero-order valence-corrected chi connectivity index (χ0v) is 10.4. The number of alkyl halides is 1. The number of hydrogen-bond donors (Lipinski definition) is 6. The Balaban J connectivity index is 1.76. The van der Waals surface area contributed by atoms with Crippen molar-refractivity contribution in [3.05, 3.63) is 0 Å². The maximum Gasteiger partial charge on any atom is 0.243 e. The summed E-state index contributed by atoms with van der Waals surface area (Å²) in [6.45, 7) is -0.265. The van der Waals surface area contributed by atoms with Crippen LogP contribution in [0.4, 0.5) is 4.39 Å². The van der Waals surface area contributed by atoms with Gasteiger partial charge in [-0.3, -0.25) is 15.4 Å². The van der Waals surface area contributed by atoms with Crippen molar-refractivity contribution >= 4 is 5.91 Å². The summed E-state index contributed by atoms with van der Waals surface area (Å²) < 4.78 is 18.7. The van der Waals surface area contributed by atoms with Gasteiger partial charge in [0.05, 0.1) is 19.4 Å². The second-order valence-corrected chi connectivity index (χ2v) is 5.07. The lowest BCUT2D eigenvalue weighted by Gasteiger charge is -2.36. The van der Waals surface area contributed by atoms with Gasteiger partial charge in [0.1, 0.15) is 30.6 Å². The molecule has 3 fully saturated rings. The first-order chi connectivity index (χ1) is 9.52. The average molecular weight is 292 g/mol. The topological polar surface area (TPSA) is 126 Å². The molecule has 0 radical (unpaired) electrons. The van der Waals surface area contributed by atoms with E-state index in [1.165, 1.54) is 4.90 Å². The first-order valence-electron chi connectivity index (χ1n) is 6.35. The number of hydrogen-bond acceptors (Lipinski definition) is 8. The Morgan fingerprint density at radius 2 is 2.15 bits per heavy atom. The Labute approximate surface area is 113 Å². The van der Waals surface area contributed by atoms with E-state index in [0.29, 0.717) is 0 Å². The molecule has 0 saturated carbocycles. The molecule has 0 aliphatic carbocycles. The minimum Gasteiger partial charge on any atom is -0.394 e. The second kappa shape index (κ2) is 5.15. The molecule has 10 heteroatoms. The zero-order valence-electron chi connectivity index (χ0n) is 10.4. The van der Waals surface area contributed by atoms with Crippen molar-refractivity contribution in [3.63, 3.8) is 0 Å². The Kier molecular flexibility index (Phi) is 3.62. The van der Waals surface area contributed by atoms with Gasteiger partial charge in [0.15, 0.2) is 0 Å². The van der Waals surface area contributed by atoms with Gasteiger partial charge in [-0.25, -0.2) is 9.29 Å². The minimum atomic E-state index is -1.69. The Morgan fingerprint density at radius 1 is 1.40 bits per heavy atom. The highest BCUT2D eigenvalue weighted by Crippen LogP contribution is 2.28. The van der Waals surface area contributed by atoms with Gasteiger partial charge in [0, 0.05) is 0 Å². The molecule has 0 bridgehead atoms. The molecule has 1 amide bonds. The molecule has 4 unspecified atom stereocenters. The van der Waals surface area contributed by atoms with Crippen LogP contribution in [-0.4, -0.2) is 82.6 Å². The molecular formula is C10H17FN4O5. The van der Waals surface area contributed by atoms with E-state index in [1.807, 2.05) is 0 Å². The van der Waals surface area contributed by atoms with Crippen molar-refractivity contribution in [2.24, 2.45) is 0 Å². The predicted molar refractivity (Wildman–Crippen MR) is 61.4 cm³/mol. The summed E-state index contributed by atoms with van der Waals surface area (Å²) in [6.07, 6.45) is -6.73. The highest BCUT2D eigenvalue weighted by atomic mass is 19.1. The van der Waals surface area contributed by atoms with Gasteiger partial charge in [0.2, 0.25) is 12.3 Å². The van der Waals surface area contributed by atoms with E-state index in [2.05, 4.69) is 16.0 Å². The van der Waals surface area contributed by atoms with Crippen LogP contribution in [-0.2, 0) is 9.53 Å². The van der Waals surface area contributed by atoms with Crippen LogP contribution in [0.5, 0.6) is 0 Å².